The minimum Gasteiger partial charge on any atom is -0.490 e. The topological polar surface area (TPSA) is 55.8 Å². The molecule has 3 rings (SSSR count). The molecule has 32 heavy (non-hydrogen) atoms. The fourth-order valence-corrected chi connectivity index (χ4v) is 3.72. The van der Waals surface area contributed by atoms with E-state index in [1.807, 2.05) is 72.8 Å². The van der Waals surface area contributed by atoms with Crippen LogP contribution < -0.4 is 4.74 Å². The number of benzene rings is 3. The van der Waals surface area contributed by atoms with Crippen LogP contribution in [0.15, 0.2) is 72.8 Å². The van der Waals surface area contributed by atoms with E-state index >= 15 is 0 Å². The van der Waals surface area contributed by atoms with Crippen LogP contribution in [-0.2, 0) is 16.0 Å². The monoisotopic (exact) mass is 470 g/mol. The Kier molecular flexibility index (Phi) is 8.74. The maximum absolute atomic E-state index is 11.2. The van der Waals surface area contributed by atoms with E-state index in [4.69, 9.17) is 32.7 Å². The van der Waals surface area contributed by atoms with Crippen molar-refractivity contribution < 1.29 is 19.4 Å². The molecule has 0 fully saturated rings. The van der Waals surface area contributed by atoms with Gasteiger partial charge >= 0.3 is 5.97 Å². The van der Waals surface area contributed by atoms with E-state index in [0.717, 1.165) is 28.0 Å². The van der Waals surface area contributed by atoms with Crippen molar-refractivity contribution in [1.29, 1.82) is 0 Å². The van der Waals surface area contributed by atoms with Gasteiger partial charge in [-0.15, -0.1) is 0 Å². The number of halogens is 2. The van der Waals surface area contributed by atoms with Crippen LogP contribution in [0.5, 0.6) is 5.75 Å². The average Bonchev–Trinajstić information content (AvgIpc) is 2.77. The van der Waals surface area contributed by atoms with Crippen molar-refractivity contribution >= 4 is 35.2 Å². The SMILES string of the molecule is CCOC(Cc1ccc(OCC=Cc2ccc(-c3cc(Cl)cc(Cl)c3)cc2)cc1)C(=O)O. The molecule has 166 valence electrons. The molecule has 0 radical (unpaired) electrons. The predicted molar refractivity (Wildman–Crippen MR) is 130 cm³/mol. The van der Waals surface area contributed by atoms with Gasteiger partial charge in [-0.3, -0.25) is 0 Å². The standard InChI is InChI=1S/C26H24Cl2O4/c1-2-31-25(26(29)30)14-19-7-11-24(12-8-19)32-13-3-4-18-5-9-20(10-6-18)21-15-22(27)17-23(28)16-21/h3-12,15-17,25H,2,13-14H2,1H3,(H,29,30). The third kappa shape index (κ3) is 7.13. The number of rotatable bonds is 10. The Bertz CT molecular complexity index is 1040. The number of hydrogen-bond donors (Lipinski definition) is 1. The molecule has 0 saturated carbocycles. The molecule has 0 bridgehead atoms. The van der Waals surface area contributed by atoms with Gasteiger partial charge in [0.25, 0.3) is 0 Å². The molecule has 0 aliphatic rings. The van der Waals surface area contributed by atoms with Gasteiger partial charge in [0.05, 0.1) is 0 Å². The molecule has 0 saturated heterocycles. The van der Waals surface area contributed by atoms with Crippen LogP contribution >= 0.6 is 23.2 Å². The highest BCUT2D eigenvalue weighted by atomic mass is 35.5. The highest BCUT2D eigenvalue weighted by Crippen LogP contribution is 2.27. The van der Waals surface area contributed by atoms with Gasteiger partial charge in [0.1, 0.15) is 12.4 Å². The Labute approximate surface area is 198 Å². The molecule has 1 unspecified atom stereocenters. The van der Waals surface area contributed by atoms with Crippen molar-refractivity contribution in [2.24, 2.45) is 0 Å². The van der Waals surface area contributed by atoms with Crippen molar-refractivity contribution in [3.63, 3.8) is 0 Å². The molecular formula is C26H24Cl2O4. The zero-order valence-electron chi connectivity index (χ0n) is 17.6. The first-order valence-electron chi connectivity index (χ1n) is 10.2. The molecule has 4 nitrogen and oxygen atoms in total. The summed E-state index contributed by atoms with van der Waals surface area (Å²) < 4.78 is 11.0. The van der Waals surface area contributed by atoms with Gasteiger partial charge in [0.2, 0.25) is 0 Å². The van der Waals surface area contributed by atoms with E-state index in [1.165, 1.54) is 0 Å². The van der Waals surface area contributed by atoms with Gasteiger partial charge in [-0.2, -0.15) is 0 Å². The summed E-state index contributed by atoms with van der Waals surface area (Å²) in [6, 6.07) is 20.9. The highest BCUT2D eigenvalue weighted by Gasteiger charge is 2.17. The van der Waals surface area contributed by atoms with E-state index in [-0.39, 0.29) is 0 Å². The fraction of sp³-hybridized carbons (Fsp3) is 0.192. The second-order valence-corrected chi connectivity index (χ2v) is 8.00. The first kappa shape index (κ1) is 23.9. The second kappa shape index (κ2) is 11.7. The van der Waals surface area contributed by atoms with Gasteiger partial charge in [-0.1, -0.05) is 65.7 Å². The number of carboxylic acid groups (broad SMARTS) is 1. The van der Waals surface area contributed by atoms with E-state index in [1.54, 1.807) is 13.0 Å². The van der Waals surface area contributed by atoms with Crippen LogP contribution in [0.25, 0.3) is 17.2 Å². The highest BCUT2D eigenvalue weighted by molar-refractivity contribution is 6.35. The van der Waals surface area contributed by atoms with Crippen molar-refractivity contribution in [1.82, 2.24) is 0 Å². The van der Waals surface area contributed by atoms with Gasteiger partial charge in [0, 0.05) is 23.1 Å². The van der Waals surface area contributed by atoms with Crippen LogP contribution in [0, 0.1) is 0 Å². The van der Waals surface area contributed by atoms with Crippen molar-refractivity contribution in [3.8, 4) is 16.9 Å². The average molecular weight is 471 g/mol. The molecule has 0 aliphatic carbocycles. The number of carbonyl (C=O) groups is 1. The molecule has 0 aromatic heterocycles. The first-order valence-corrected chi connectivity index (χ1v) is 11.0. The molecule has 3 aromatic carbocycles. The van der Waals surface area contributed by atoms with E-state index in [0.29, 0.717) is 29.7 Å². The summed E-state index contributed by atoms with van der Waals surface area (Å²) >= 11 is 12.2. The van der Waals surface area contributed by atoms with E-state index < -0.39 is 12.1 Å². The van der Waals surface area contributed by atoms with Crippen LogP contribution in [0.3, 0.4) is 0 Å². The zero-order chi connectivity index (χ0) is 22.9. The quantitative estimate of drug-likeness (QED) is 0.354. The van der Waals surface area contributed by atoms with Crippen molar-refractivity contribution in [2.75, 3.05) is 13.2 Å². The third-order valence-electron chi connectivity index (χ3n) is 4.75. The minimum atomic E-state index is -0.957. The lowest BCUT2D eigenvalue weighted by Gasteiger charge is -2.12. The predicted octanol–water partition coefficient (Wildman–Crippen LogP) is 6.78. The molecule has 3 aromatic rings. The van der Waals surface area contributed by atoms with E-state index in [9.17, 15) is 9.90 Å². The van der Waals surface area contributed by atoms with Gasteiger partial charge in [-0.25, -0.2) is 4.79 Å². The molecular weight excluding hydrogens is 447 g/mol. The summed E-state index contributed by atoms with van der Waals surface area (Å²) in [6.07, 6.45) is 3.41. The number of carboxylic acids is 1. The summed E-state index contributed by atoms with van der Waals surface area (Å²) in [5, 5.41) is 10.4. The molecule has 0 aliphatic heterocycles. The molecule has 0 heterocycles. The molecule has 6 heteroatoms. The van der Waals surface area contributed by atoms with Crippen molar-refractivity contribution in [2.45, 2.75) is 19.4 Å². The Morgan fingerprint density at radius 1 is 0.969 bits per heavy atom. The molecule has 1 atom stereocenters. The van der Waals surface area contributed by atoms with Gasteiger partial charge in [0.15, 0.2) is 6.10 Å². The van der Waals surface area contributed by atoms with Crippen LogP contribution in [0.4, 0.5) is 0 Å². The minimum absolute atomic E-state index is 0.320. The Balaban J connectivity index is 1.51. The summed E-state index contributed by atoms with van der Waals surface area (Å²) in [5.74, 6) is -0.239. The number of ether oxygens (including phenoxy) is 2. The lowest BCUT2D eigenvalue weighted by atomic mass is 10.0. The molecule has 0 amide bonds. The van der Waals surface area contributed by atoms with Crippen LogP contribution in [0.2, 0.25) is 10.0 Å². The Morgan fingerprint density at radius 2 is 1.62 bits per heavy atom. The summed E-state index contributed by atoms with van der Waals surface area (Å²) in [7, 11) is 0. The van der Waals surface area contributed by atoms with Gasteiger partial charge in [-0.05, 0) is 65.6 Å². The summed E-state index contributed by atoms with van der Waals surface area (Å²) in [5.41, 5.74) is 3.95. The lowest BCUT2D eigenvalue weighted by Crippen LogP contribution is -2.26. The maximum atomic E-state index is 11.2. The maximum Gasteiger partial charge on any atom is 0.333 e. The first-order chi connectivity index (χ1) is 15.4. The zero-order valence-corrected chi connectivity index (χ0v) is 19.1. The molecule has 0 spiro atoms. The van der Waals surface area contributed by atoms with Crippen LogP contribution in [-0.4, -0.2) is 30.4 Å². The number of aliphatic carboxylic acids is 1. The Hall–Kier alpha value is -2.79. The normalized spacial score (nSPS) is 12.1. The summed E-state index contributed by atoms with van der Waals surface area (Å²) in [4.78, 5) is 11.2. The summed E-state index contributed by atoms with van der Waals surface area (Å²) in [6.45, 7) is 2.56. The van der Waals surface area contributed by atoms with Gasteiger partial charge < -0.3 is 14.6 Å². The van der Waals surface area contributed by atoms with E-state index in [2.05, 4.69) is 0 Å². The largest absolute Gasteiger partial charge is 0.490 e. The second-order valence-electron chi connectivity index (χ2n) is 7.12. The fourth-order valence-electron chi connectivity index (χ4n) is 3.19. The Morgan fingerprint density at radius 3 is 2.22 bits per heavy atom. The molecule has 1 N–H and O–H groups in total. The smallest absolute Gasteiger partial charge is 0.333 e. The van der Waals surface area contributed by atoms with Crippen LogP contribution in [0.1, 0.15) is 18.1 Å². The third-order valence-corrected chi connectivity index (χ3v) is 5.19. The number of hydrogen-bond acceptors (Lipinski definition) is 3. The van der Waals surface area contributed by atoms with Crippen molar-refractivity contribution in [3.05, 3.63) is 94.0 Å². The lowest BCUT2D eigenvalue weighted by molar-refractivity contribution is -0.149.